The number of thiophene rings is 1. The van der Waals surface area contributed by atoms with Gasteiger partial charge in [0.05, 0.1) is 6.10 Å². The summed E-state index contributed by atoms with van der Waals surface area (Å²) in [7, 11) is 0. The minimum absolute atomic E-state index is 0.142. The Hall–Kier alpha value is -1.85. The van der Waals surface area contributed by atoms with Crippen molar-refractivity contribution in [2.75, 3.05) is 18.4 Å². The maximum Gasteiger partial charge on any atom is 0.321 e. The third kappa shape index (κ3) is 3.43. The summed E-state index contributed by atoms with van der Waals surface area (Å²) >= 11 is 1.68. The normalized spacial score (nSPS) is 18.5. The lowest BCUT2D eigenvalue weighted by molar-refractivity contribution is 0.0883. The van der Waals surface area contributed by atoms with Gasteiger partial charge in [-0.25, -0.2) is 4.79 Å². The molecular weight excluding hydrogens is 284 g/mol. The summed E-state index contributed by atoms with van der Waals surface area (Å²) < 4.78 is 0. The van der Waals surface area contributed by atoms with Crippen molar-refractivity contribution in [1.82, 2.24) is 4.90 Å². The van der Waals surface area contributed by atoms with Crippen molar-refractivity contribution < 1.29 is 9.90 Å². The van der Waals surface area contributed by atoms with Gasteiger partial charge in [0.15, 0.2) is 0 Å². The molecule has 2 N–H and O–H groups in total. The summed E-state index contributed by atoms with van der Waals surface area (Å²) in [4.78, 5) is 15.1. The number of aliphatic hydroxyl groups excluding tert-OH is 1. The zero-order chi connectivity index (χ0) is 14.7. The second-order valence-corrected chi connectivity index (χ2v) is 6.18. The van der Waals surface area contributed by atoms with Crippen LogP contribution in [0.1, 0.15) is 12.8 Å². The number of anilines is 1. The molecule has 2 heterocycles. The van der Waals surface area contributed by atoms with Gasteiger partial charge >= 0.3 is 6.03 Å². The van der Waals surface area contributed by atoms with Gasteiger partial charge in [0, 0.05) is 23.7 Å². The first-order valence-corrected chi connectivity index (χ1v) is 7.98. The predicted octanol–water partition coefficient (Wildman–Crippen LogP) is 3.40. The largest absolute Gasteiger partial charge is 0.391 e. The number of nitrogens with zero attached hydrogens (tertiary/aromatic N) is 1. The molecule has 4 nitrogen and oxygen atoms in total. The zero-order valence-corrected chi connectivity index (χ0v) is 12.5. The maximum absolute atomic E-state index is 12.2. The molecule has 0 spiro atoms. The van der Waals surface area contributed by atoms with Gasteiger partial charge in [0.1, 0.15) is 0 Å². The Kier molecular flexibility index (Phi) is 4.22. The molecule has 1 saturated heterocycles. The van der Waals surface area contributed by atoms with Crippen LogP contribution in [0.2, 0.25) is 0 Å². The van der Waals surface area contributed by atoms with Crippen LogP contribution in [-0.2, 0) is 0 Å². The van der Waals surface area contributed by atoms with Crippen LogP contribution in [0.25, 0.3) is 10.4 Å². The summed E-state index contributed by atoms with van der Waals surface area (Å²) in [6, 6.07) is 11.8. The van der Waals surface area contributed by atoms with Crippen molar-refractivity contribution >= 4 is 23.1 Å². The smallest absolute Gasteiger partial charge is 0.321 e. The molecule has 1 fully saturated rings. The van der Waals surface area contributed by atoms with Crippen molar-refractivity contribution in [1.29, 1.82) is 0 Å². The lowest BCUT2D eigenvalue weighted by atomic mass is 10.1. The average molecular weight is 302 g/mol. The molecule has 110 valence electrons. The van der Waals surface area contributed by atoms with Crippen LogP contribution in [-0.4, -0.2) is 35.2 Å². The molecule has 0 unspecified atom stereocenters. The molecule has 21 heavy (non-hydrogen) atoms. The van der Waals surface area contributed by atoms with Crippen LogP contribution in [0.15, 0.2) is 41.8 Å². The minimum Gasteiger partial charge on any atom is -0.391 e. The molecule has 0 aliphatic carbocycles. The Morgan fingerprint density at radius 1 is 1.33 bits per heavy atom. The first-order chi connectivity index (χ1) is 10.2. The number of rotatable bonds is 2. The Morgan fingerprint density at radius 3 is 3.00 bits per heavy atom. The van der Waals surface area contributed by atoms with Gasteiger partial charge in [-0.2, -0.15) is 0 Å². The summed E-state index contributed by atoms with van der Waals surface area (Å²) in [5.41, 5.74) is 1.88. The van der Waals surface area contributed by atoms with Gasteiger partial charge in [0.2, 0.25) is 0 Å². The highest BCUT2D eigenvalue weighted by molar-refractivity contribution is 7.13. The number of hydrogen-bond acceptors (Lipinski definition) is 3. The number of β-amino-alcohol motifs (C(OH)–C–C–N with tert-alkyl or cyclic N) is 1. The van der Waals surface area contributed by atoms with Crippen molar-refractivity contribution in [3.05, 3.63) is 41.8 Å². The first kappa shape index (κ1) is 14.1. The van der Waals surface area contributed by atoms with E-state index in [4.69, 9.17) is 0 Å². The molecule has 1 aliphatic heterocycles. The van der Waals surface area contributed by atoms with Crippen LogP contribution in [0, 0.1) is 0 Å². The van der Waals surface area contributed by atoms with E-state index >= 15 is 0 Å². The molecule has 2 aromatic rings. The fourth-order valence-corrected chi connectivity index (χ4v) is 3.26. The van der Waals surface area contributed by atoms with Crippen molar-refractivity contribution in [3.63, 3.8) is 0 Å². The number of amides is 2. The van der Waals surface area contributed by atoms with E-state index in [1.54, 1.807) is 16.2 Å². The zero-order valence-electron chi connectivity index (χ0n) is 11.7. The van der Waals surface area contributed by atoms with Crippen LogP contribution in [0.4, 0.5) is 10.5 Å². The SMILES string of the molecule is O=C(Nc1cccc(-c2cccs2)c1)N1CCC[C@@H](O)C1. The van der Waals surface area contributed by atoms with E-state index in [0.29, 0.717) is 13.1 Å². The topological polar surface area (TPSA) is 52.6 Å². The predicted molar refractivity (Wildman–Crippen MR) is 85.6 cm³/mol. The van der Waals surface area contributed by atoms with Gasteiger partial charge in [-0.1, -0.05) is 18.2 Å². The number of urea groups is 1. The summed E-state index contributed by atoms with van der Waals surface area (Å²) in [6.45, 7) is 1.12. The van der Waals surface area contributed by atoms with Crippen LogP contribution >= 0.6 is 11.3 Å². The highest BCUT2D eigenvalue weighted by Gasteiger charge is 2.21. The molecule has 1 atom stereocenters. The van der Waals surface area contributed by atoms with E-state index in [0.717, 1.165) is 24.1 Å². The molecule has 0 radical (unpaired) electrons. The van der Waals surface area contributed by atoms with Gasteiger partial charge in [0.25, 0.3) is 0 Å². The van der Waals surface area contributed by atoms with Crippen LogP contribution in [0.3, 0.4) is 0 Å². The molecule has 1 aromatic carbocycles. The van der Waals surface area contributed by atoms with E-state index in [9.17, 15) is 9.90 Å². The number of nitrogens with one attached hydrogen (secondary N) is 1. The highest BCUT2D eigenvalue weighted by Crippen LogP contribution is 2.27. The lowest BCUT2D eigenvalue weighted by Crippen LogP contribution is -2.44. The molecular formula is C16H18N2O2S. The van der Waals surface area contributed by atoms with Gasteiger partial charge in [-0.3, -0.25) is 0 Å². The quantitative estimate of drug-likeness (QED) is 0.893. The molecule has 0 saturated carbocycles. The number of likely N-dealkylation sites (tertiary alicyclic amines) is 1. The standard InChI is InChI=1S/C16H18N2O2S/c19-14-6-2-8-18(11-14)16(20)17-13-5-1-4-12(10-13)15-7-3-9-21-15/h1,3-5,7,9-10,14,19H,2,6,8,11H2,(H,17,20)/t14-/m1/s1. The van der Waals surface area contributed by atoms with Crippen molar-refractivity contribution in [3.8, 4) is 10.4 Å². The molecule has 1 aliphatic rings. The number of benzene rings is 1. The highest BCUT2D eigenvalue weighted by atomic mass is 32.1. The molecule has 3 rings (SSSR count). The van der Waals surface area contributed by atoms with Crippen LogP contribution < -0.4 is 5.32 Å². The van der Waals surface area contributed by atoms with Gasteiger partial charge in [-0.05, 0) is 42.0 Å². The molecule has 1 aromatic heterocycles. The molecule has 5 heteroatoms. The van der Waals surface area contributed by atoms with Gasteiger partial charge < -0.3 is 15.3 Å². The molecule has 2 amide bonds. The summed E-state index contributed by atoms with van der Waals surface area (Å²) in [5.74, 6) is 0. The number of hydrogen-bond donors (Lipinski definition) is 2. The molecule has 0 bridgehead atoms. The van der Waals surface area contributed by atoms with E-state index in [2.05, 4.69) is 11.4 Å². The van der Waals surface area contributed by atoms with E-state index < -0.39 is 6.10 Å². The maximum atomic E-state index is 12.2. The second kappa shape index (κ2) is 6.28. The first-order valence-electron chi connectivity index (χ1n) is 7.10. The minimum atomic E-state index is -0.401. The second-order valence-electron chi connectivity index (χ2n) is 5.23. The summed E-state index contributed by atoms with van der Waals surface area (Å²) in [6.07, 6.45) is 1.23. The summed E-state index contributed by atoms with van der Waals surface area (Å²) in [5, 5.41) is 14.6. The Labute approximate surface area is 128 Å². The number of piperidine rings is 1. The van der Waals surface area contributed by atoms with Gasteiger partial charge in [-0.15, -0.1) is 11.3 Å². The van der Waals surface area contributed by atoms with E-state index in [1.807, 2.05) is 35.7 Å². The third-order valence-electron chi connectivity index (χ3n) is 3.60. The average Bonchev–Trinajstić information content (AvgIpc) is 3.02. The Morgan fingerprint density at radius 2 is 2.24 bits per heavy atom. The monoisotopic (exact) mass is 302 g/mol. The fraction of sp³-hybridized carbons (Fsp3) is 0.312. The third-order valence-corrected chi connectivity index (χ3v) is 4.52. The lowest BCUT2D eigenvalue weighted by Gasteiger charge is -2.30. The number of carbonyl (C=O) groups is 1. The van der Waals surface area contributed by atoms with Crippen molar-refractivity contribution in [2.45, 2.75) is 18.9 Å². The fourth-order valence-electron chi connectivity index (χ4n) is 2.53. The van der Waals surface area contributed by atoms with Crippen LogP contribution in [0.5, 0.6) is 0 Å². The number of carbonyl (C=O) groups excluding carboxylic acids is 1. The van der Waals surface area contributed by atoms with E-state index in [1.165, 1.54) is 4.88 Å². The Balaban J connectivity index is 1.70. The number of aliphatic hydroxyl groups is 1. The Bertz CT molecular complexity index is 612. The van der Waals surface area contributed by atoms with E-state index in [-0.39, 0.29) is 6.03 Å². The van der Waals surface area contributed by atoms with Crippen molar-refractivity contribution in [2.24, 2.45) is 0 Å².